The van der Waals surface area contributed by atoms with Gasteiger partial charge in [-0.25, -0.2) is 9.97 Å². The fourth-order valence-corrected chi connectivity index (χ4v) is 4.28. The van der Waals surface area contributed by atoms with Crippen molar-refractivity contribution in [3.8, 4) is 11.3 Å². The zero-order chi connectivity index (χ0) is 21.3. The molecule has 1 N–H and O–H groups in total. The van der Waals surface area contributed by atoms with Gasteiger partial charge in [-0.3, -0.25) is 4.68 Å². The summed E-state index contributed by atoms with van der Waals surface area (Å²) in [5, 5.41) is 8.30. The number of aromatic nitrogens is 4. The Morgan fingerprint density at radius 1 is 0.900 bits per heavy atom. The van der Waals surface area contributed by atoms with Crippen LogP contribution in [-0.4, -0.2) is 26.3 Å². The number of rotatable bonds is 6. The van der Waals surface area contributed by atoms with E-state index in [1.54, 1.807) is 0 Å². The molecule has 2 heterocycles. The molecule has 0 saturated heterocycles. The van der Waals surface area contributed by atoms with Crippen LogP contribution in [0.4, 0.5) is 5.82 Å². The summed E-state index contributed by atoms with van der Waals surface area (Å²) >= 11 is 0. The van der Waals surface area contributed by atoms with Gasteiger partial charge < -0.3 is 5.32 Å². The summed E-state index contributed by atoms with van der Waals surface area (Å²) in [5.74, 6) is 1.57. The summed E-state index contributed by atoms with van der Waals surface area (Å²) in [5.41, 5.74) is 9.11. The number of aryl methyl sites for hydroxylation is 6. The highest BCUT2D eigenvalue weighted by molar-refractivity contribution is 5.97. The first-order valence-corrected chi connectivity index (χ1v) is 10.5. The van der Waals surface area contributed by atoms with E-state index in [4.69, 9.17) is 10.1 Å². The average Bonchev–Trinajstić information content (AvgIpc) is 3.01. The van der Waals surface area contributed by atoms with Crippen molar-refractivity contribution in [2.45, 2.75) is 40.5 Å². The van der Waals surface area contributed by atoms with Crippen LogP contribution in [0.25, 0.3) is 22.3 Å². The van der Waals surface area contributed by atoms with E-state index in [0.717, 1.165) is 47.8 Å². The van der Waals surface area contributed by atoms with Crippen LogP contribution in [0, 0.1) is 27.7 Å². The second kappa shape index (κ2) is 8.27. The predicted molar refractivity (Wildman–Crippen MR) is 124 cm³/mol. The van der Waals surface area contributed by atoms with E-state index in [0.29, 0.717) is 0 Å². The zero-order valence-corrected chi connectivity index (χ0v) is 18.5. The highest BCUT2D eigenvalue weighted by Crippen LogP contribution is 2.34. The van der Waals surface area contributed by atoms with Gasteiger partial charge in [0.2, 0.25) is 0 Å². The van der Waals surface area contributed by atoms with Crippen LogP contribution in [0.15, 0.2) is 42.5 Å². The molecule has 2 aromatic carbocycles. The molecular weight excluding hydrogens is 370 g/mol. The minimum absolute atomic E-state index is 0.754. The van der Waals surface area contributed by atoms with Crippen molar-refractivity contribution >= 4 is 16.9 Å². The standard InChI is InChI=1S/C25H29N5/c1-16-14-17(2)21(18(3)15-16)24-22-23(29-30(24)5)25(28-19(4)27-22)26-13-9-12-20-10-7-6-8-11-20/h6-8,10-11,14-15H,9,12-13H2,1-5H3,(H,26,27,28). The maximum Gasteiger partial charge on any atom is 0.158 e. The molecule has 0 bridgehead atoms. The lowest BCUT2D eigenvalue weighted by Gasteiger charge is -2.12. The third kappa shape index (κ3) is 3.92. The minimum Gasteiger partial charge on any atom is -0.368 e. The highest BCUT2D eigenvalue weighted by atomic mass is 15.3. The maximum absolute atomic E-state index is 4.80. The molecule has 0 radical (unpaired) electrons. The Morgan fingerprint density at radius 3 is 2.30 bits per heavy atom. The lowest BCUT2D eigenvalue weighted by molar-refractivity contribution is 0.785. The van der Waals surface area contributed by atoms with Crippen molar-refractivity contribution < 1.29 is 0 Å². The normalized spacial score (nSPS) is 11.2. The van der Waals surface area contributed by atoms with Crippen LogP contribution in [0.1, 0.15) is 34.5 Å². The molecule has 0 aliphatic carbocycles. The molecule has 2 aromatic heterocycles. The van der Waals surface area contributed by atoms with Crippen LogP contribution in [0.5, 0.6) is 0 Å². The number of nitrogens with one attached hydrogen (secondary N) is 1. The molecule has 30 heavy (non-hydrogen) atoms. The van der Waals surface area contributed by atoms with Crippen molar-refractivity contribution in [2.75, 3.05) is 11.9 Å². The van der Waals surface area contributed by atoms with E-state index >= 15 is 0 Å². The zero-order valence-electron chi connectivity index (χ0n) is 18.5. The molecule has 0 aliphatic heterocycles. The van der Waals surface area contributed by atoms with Crippen LogP contribution >= 0.6 is 0 Å². The first-order chi connectivity index (χ1) is 14.4. The Labute approximate surface area is 178 Å². The molecule has 154 valence electrons. The molecule has 0 amide bonds. The second-order valence-electron chi connectivity index (χ2n) is 8.08. The van der Waals surface area contributed by atoms with Crippen LogP contribution < -0.4 is 5.32 Å². The van der Waals surface area contributed by atoms with Gasteiger partial charge in [-0.15, -0.1) is 0 Å². The molecule has 0 atom stereocenters. The SMILES string of the molecule is Cc1cc(C)c(-c2c3nc(C)nc(NCCCc4ccccc4)c3nn2C)c(C)c1. The minimum atomic E-state index is 0.754. The molecule has 0 fully saturated rings. The Morgan fingerprint density at radius 2 is 1.60 bits per heavy atom. The van der Waals surface area contributed by atoms with Crippen molar-refractivity contribution in [1.29, 1.82) is 0 Å². The predicted octanol–water partition coefficient (Wildman–Crippen LogP) is 5.31. The van der Waals surface area contributed by atoms with Crippen molar-refractivity contribution in [3.63, 3.8) is 0 Å². The number of benzene rings is 2. The molecule has 5 nitrogen and oxygen atoms in total. The summed E-state index contributed by atoms with van der Waals surface area (Å²) in [6.07, 6.45) is 2.07. The van der Waals surface area contributed by atoms with E-state index in [1.165, 1.54) is 27.8 Å². The summed E-state index contributed by atoms with van der Waals surface area (Å²) < 4.78 is 1.94. The number of anilines is 1. The van der Waals surface area contributed by atoms with Crippen molar-refractivity contribution in [1.82, 2.24) is 19.7 Å². The molecule has 0 spiro atoms. The van der Waals surface area contributed by atoms with Gasteiger partial charge in [0.25, 0.3) is 0 Å². The fraction of sp³-hybridized carbons (Fsp3) is 0.320. The van der Waals surface area contributed by atoms with Gasteiger partial charge in [-0.05, 0) is 57.2 Å². The lowest BCUT2D eigenvalue weighted by atomic mass is 9.96. The van der Waals surface area contributed by atoms with E-state index < -0.39 is 0 Å². The number of hydrogen-bond acceptors (Lipinski definition) is 4. The molecular formula is C25H29N5. The van der Waals surface area contributed by atoms with Gasteiger partial charge in [-0.1, -0.05) is 48.0 Å². The summed E-state index contributed by atoms with van der Waals surface area (Å²) in [7, 11) is 1.99. The molecule has 4 aromatic rings. The van der Waals surface area contributed by atoms with Gasteiger partial charge in [0.1, 0.15) is 11.3 Å². The van der Waals surface area contributed by atoms with Gasteiger partial charge in [0.05, 0.1) is 5.69 Å². The monoisotopic (exact) mass is 399 g/mol. The van der Waals surface area contributed by atoms with Crippen LogP contribution in [-0.2, 0) is 13.5 Å². The van der Waals surface area contributed by atoms with Gasteiger partial charge >= 0.3 is 0 Å². The smallest absolute Gasteiger partial charge is 0.158 e. The largest absolute Gasteiger partial charge is 0.368 e. The van der Waals surface area contributed by atoms with Crippen LogP contribution in [0.3, 0.4) is 0 Å². The van der Waals surface area contributed by atoms with E-state index in [9.17, 15) is 0 Å². The lowest BCUT2D eigenvalue weighted by Crippen LogP contribution is -2.07. The first-order valence-electron chi connectivity index (χ1n) is 10.5. The fourth-order valence-electron chi connectivity index (χ4n) is 4.28. The Balaban J connectivity index is 1.66. The number of nitrogens with zero attached hydrogens (tertiary/aromatic N) is 4. The molecule has 0 aliphatic rings. The number of hydrogen-bond donors (Lipinski definition) is 1. The second-order valence-corrected chi connectivity index (χ2v) is 8.08. The van der Waals surface area contributed by atoms with Gasteiger partial charge in [-0.2, -0.15) is 5.10 Å². The third-order valence-electron chi connectivity index (χ3n) is 5.49. The van der Waals surface area contributed by atoms with Gasteiger partial charge in [0, 0.05) is 19.2 Å². The van der Waals surface area contributed by atoms with E-state index in [-0.39, 0.29) is 0 Å². The summed E-state index contributed by atoms with van der Waals surface area (Å²) in [6, 6.07) is 15.0. The topological polar surface area (TPSA) is 55.6 Å². The van der Waals surface area contributed by atoms with Gasteiger partial charge in [0.15, 0.2) is 11.3 Å². The first kappa shape index (κ1) is 20.1. The molecule has 5 heteroatoms. The maximum atomic E-state index is 4.80. The molecule has 4 rings (SSSR count). The molecule has 0 unspecified atom stereocenters. The Kier molecular flexibility index (Phi) is 5.53. The van der Waals surface area contributed by atoms with Crippen molar-refractivity contribution in [3.05, 3.63) is 70.5 Å². The molecule has 0 saturated carbocycles. The average molecular weight is 400 g/mol. The summed E-state index contributed by atoms with van der Waals surface area (Å²) in [6.45, 7) is 9.24. The Bertz CT molecular complexity index is 1170. The highest BCUT2D eigenvalue weighted by Gasteiger charge is 2.20. The quantitative estimate of drug-likeness (QED) is 0.447. The Hall–Kier alpha value is -3.21. The van der Waals surface area contributed by atoms with Crippen molar-refractivity contribution in [2.24, 2.45) is 7.05 Å². The number of fused-ring (bicyclic) bond motifs is 1. The summed E-state index contributed by atoms with van der Waals surface area (Å²) in [4.78, 5) is 9.43. The van der Waals surface area contributed by atoms with E-state index in [2.05, 4.69) is 73.5 Å². The third-order valence-corrected chi connectivity index (χ3v) is 5.49. The van der Waals surface area contributed by atoms with Crippen LogP contribution in [0.2, 0.25) is 0 Å². The van der Waals surface area contributed by atoms with E-state index in [1.807, 2.05) is 18.7 Å².